The second-order valence-electron chi connectivity index (χ2n) is 7.12. The summed E-state index contributed by atoms with van der Waals surface area (Å²) < 4.78 is 11.1. The third-order valence-electron chi connectivity index (χ3n) is 5.12. The molecule has 2 heterocycles. The van der Waals surface area contributed by atoms with Crippen molar-refractivity contribution < 1.29 is 14.3 Å². The third kappa shape index (κ3) is 4.54. The van der Waals surface area contributed by atoms with E-state index < -0.39 is 0 Å². The van der Waals surface area contributed by atoms with Crippen molar-refractivity contribution in [1.29, 1.82) is 0 Å². The fraction of sp³-hybridized carbons (Fsp3) is 0.409. The first-order chi connectivity index (χ1) is 13.3. The van der Waals surface area contributed by atoms with Gasteiger partial charge in [-0.3, -0.25) is 4.79 Å². The van der Waals surface area contributed by atoms with Gasteiger partial charge in [-0.2, -0.15) is 0 Å². The molecule has 0 bridgehead atoms. The first kappa shape index (κ1) is 17.7. The summed E-state index contributed by atoms with van der Waals surface area (Å²) in [6.45, 7) is 3.40. The van der Waals surface area contributed by atoms with Gasteiger partial charge in [-0.1, -0.05) is 12.1 Å². The van der Waals surface area contributed by atoms with Crippen LogP contribution in [0.2, 0.25) is 0 Å². The van der Waals surface area contributed by atoms with Crippen LogP contribution in [0.5, 0.6) is 11.5 Å². The molecule has 142 valence electrons. The van der Waals surface area contributed by atoms with E-state index in [2.05, 4.69) is 34.5 Å². The minimum Gasteiger partial charge on any atom is -0.486 e. The normalized spacial score (nSPS) is 16.1. The second-order valence-corrected chi connectivity index (χ2v) is 7.12. The van der Waals surface area contributed by atoms with Gasteiger partial charge in [0, 0.05) is 37.0 Å². The van der Waals surface area contributed by atoms with Crippen molar-refractivity contribution in [3.63, 3.8) is 0 Å². The monoisotopic (exact) mass is 366 g/mol. The summed E-state index contributed by atoms with van der Waals surface area (Å²) >= 11 is 0. The number of hydrogen-bond acceptors (Lipinski definition) is 4. The van der Waals surface area contributed by atoms with E-state index >= 15 is 0 Å². The van der Waals surface area contributed by atoms with Gasteiger partial charge in [0.2, 0.25) is 5.91 Å². The van der Waals surface area contributed by atoms with Crippen molar-refractivity contribution in [3.8, 4) is 11.5 Å². The molecule has 2 aromatic carbocycles. The first-order valence-electron chi connectivity index (χ1n) is 9.81. The summed E-state index contributed by atoms with van der Waals surface area (Å²) in [6.07, 6.45) is 5.09. The van der Waals surface area contributed by atoms with Crippen LogP contribution >= 0.6 is 0 Å². The quantitative estimate of drug-likeness (QED) is 0.868. The average Bonchev–Trinajstić information content (AvgIpc) is 2.73. The van der Waals surface area contributed by atoms with E-state index in [9.17, 15) is 4.79 Å². The molecular weight excluding hydrogens is 340 g/mol. The molecule has 0 spiro atoms. The molecule has 0 atom stereocenters. The van der Waals surface area contributed by atoms with Gasteiger partial charge in [0.25, 0.3) is 0 Å². The number of rotatable bonds is 5. The van der Waals surface area contributed by atoms with Crippen molar-refractivity contribution in [3.05, 3.63) is 48.0 Å². The molecule has 2 aromatic rings. The van der Waals surface area contributed by atoms with Crippen LogP contribution in [-0.4, -0.2) is 32.2 Å². The summed E-state index contributed by atoms with van der Waals surface area (Å²) in [4.78, 5) is 14.7. The Labute approximate surface area is 160 Å². The number of carbonyl (C=O) groups excluding carboxylic acids is 1. The molecule has 0 aromatic heterocycles. The van der Waals surface area contributed by atoms with E-state index in [1.165, 1.54) is 30.5 Å². The van der Waals surface area contributed by atoms with Crippen LogP contribution in [0.25, 0.3) is 0 Å². The van der Waals surface area contributed by atoms with Crippen LogP contribution in [0.15, 0.2) is 42.5 Å². The van der Waals surface area contributed by atoms with E-state index in [0.29, 0.717) is 25.4 Å². The number of nitrogens with zero attached hydrogens (tertiary/aromatic N) is 1. The molecule has 5 heteroatoms. The van der Waals surface area contributed by atoms with Gasteiger partial charge >= 0.3 is 0 Å². The van der Waals surface area contributed by atoms with E-state index in [0.717, 1.165) is 30.9 Å². The number of nitrogens with one attached hydrogen (secondary N) is 1. The number of amides is 1. The maximum Gasteiger partial charge on any atom is 0.224 e. The lowest BCUT2D eigenvalue weighted by Crippen LogP contribution is -2.29. The molecule has 27 heavy (non-hydrogen) atoms. The van der Waals surface area contributed by atoms with Crippen LogP contribution in [-0.2, 0) is 11.2 Å². The first-order valence-corrected chi connectivity index (χ1v) is 9.81. The number of anilines is 2. The van der Waals surface area contributed by atoms with Crippen LogP contribution in [0.4, 0.5) is 11.4 Å². The zero-order chi connectivity index (χ0) is 18.5. The summed E-state index contributed by atoms with van der Waals surface area (Å²) in [5.41, 5.74) is 3.22. The fourth-order valence-corrected chi connectivity index (χ4v) is 3.63. The Morgan fingerprint density at radius 3 is 2.44 bits per heavy atom. The van der Waals surface area contributed by atoms with Gasteiger partial charge in [0.05, 0.1) is 0 Å². The van der Waals surface area contributed by atoms with Gasteiger partial charge in [0.15, 0.2) is 11.5 Å². The largest absolute Gasteiger partial charge is 0.486 e. The van der Waals surface area contributed by atoms with E-state index in [-0.39, 0.29) is 5.91 Å². The highest BCUT2D eigenvalue weighted by Gasteiger charge is 2.13. The zero-order valence-electron chi connectivity index (χ0n) is 15.6. The lowest BCUT2D eigenvalue weighted by Gasteiger charge is -2.28. The number of fused-ring (bicyclic) bond motifs is 1. The molecule has 0 aliphatic carbocycles. The Hall–Kier alpha value is -2.69. The van der Waals surface area contributed by atoms with E-state index in [1.54, 1.807) is 0 Å². The van der Waals surface area contributed by atoms with Crippen molar-refractivity contribution in [2.24, 2.45) is 0 Å². The number of carbonyl (C=O) groups is 1. The Morgan fingerprint density at radius 1 is 0.926 bits per heavy atom. The zero-order valence-corrected chi connectivity index (χ0v) is 15.6. The van der Waals surface area contributed by atoms with Gasteiger partial charge < -0.3 is 19.7 Å². The summed E-state index contributed by atoms with van der Waals surface area (Å²) in [5, 5.41) is 2.94. The summed E-state index contributed by atoms with van der Waals surface area (Å²) in [7, 11) is 0. The van der Waals surface area contributed by atoms with Crippen molar-refractivity contribution >= 4 is 17.3 Å². The predicted molar refractivity (Wildman–Crippen MR) is 107 cm³/mol. The third-order valence-corrected chi connectivity index (χ3v) is 5.12. The van der Waals surface area contributed by atoms with Crippen LogP contribution in [0, 0.1) is 0 Å². The summed E-state index contributed by atoms with van der Waals surface area (Å²) in [5.74, 6) is 1.42. The Morgan fingerprint density at radius 2 is 1.67 bits per heavy atom. The topological polar surface area (TPSA) is 50.8 Å². The van der Waals surface area contributed by atoms with Gasteiger partial charge in [-0.15, -0.1) is 0 Å². The smallest absolute Gasteiger partial charge is 0.224 e. The van der Waals surface area contributed by atoms with E-state index in [4.69, 9.17) is 9.47 Å². The number of benzene rings is 2. The lowest BCUT2D eigenvalue weighted by molar-refractivity contribution is -0.116. The minimum absolute atomic E-state index is 0.00628. The SMILES string of the molecule is O=C(CCc1ccc(N2CCCCC2)cc1)Nc1ccc2c(c1)OCCO2. The average molecular weight is 366 g/mol. The van der Waals surface area contributed by atoms with Crippen LogP contribution in [0.3, 0.4) is 0 Å². The molecule has 1 fully saturated rings. The van der Waals surface area contributed by atoms with E-state index in [1.807, 2.05) is 18.2 Å². The molecule has 5 nitrogen and oxygen atoms in total. The Balaban J connectivity index is 1.28. The fourth-order valence-electron chi connectivity index (χ4n) is 3.63. The highest BCUT2D eigenvalue weighted by Crippen LogP contribution is 2.32. The number of piperidine rings is 1. The number of hydrogen-bond donors (Lipinski definition) is 1. The second kappa shape index (κ2) is 8.33. The Bertz CT molecular complexity index is 783. The number of aryl methyl sites for hydroxylation is 1. The predicted octanol–water partition coefficient (Wildman–Crippen LogP) is 4.02. The highest BCUT2D eigenvalue weighted by molar-refractivity contribution is 5.91. The Kier molecular flexibility index (Phi) is 5.47. The molecule has 2 aliphatic heterocycles. The van der Waals surface area contributed by atoms with Gasteiger partial charge in [-0.05, 0) is 55.5 Å². The highest BCUT2D eigenvalue weighted by atomic mass is 16.6. The maximum atomic E-state index is 12.3. The lowest BCUT2D eigenvalue weighted by atomic mass is 10.1. The van der Waals surface area contributed by atoms with Gasteiger partial charge in [0.1, 0.15) is 13.2 Å². The molecule has 0 saturated carbocycles. The molecule has 1 saturated heterocycles. The van der Waals surface area contributed by atoms with Gasteiger partial charge in [-0.25, -0.2) is 0 Å². The van der Waals surface area contributed by atoms with Crippen molar-refractivity contribution in [2.45, 2.75) is 32.1 Å². The molecule has 4 rings (SSSR count). The molecule has 0 unspecified atom stereocenters. The molecular formula is C22H26N2O3. The molecule has 1 amide bonds. The molecule has 0 radical (unpaired) electrons. The van der Waals surface area contributed by atoms with Crippen molar-refractivity contribution in [2.75, 3.05) is 36.5 Å². The number of ether oxygens (including phenoxy) is 2. The standard InChI is InChI=1S/C22H26N2O3/c25-22(23-18-7-10-20-21(16-18)27-15-14-26-20)11-6-17-4-8-19(9-5-17)24-12-2-1-3-13-24/h4-5,7-10,16H,1-3,6,11-15H2,(H,23,25). The molecule has 1 N–H and O–H groups in total. The van der Waals surface area contributed by atoms with Crippen LogP contribution in [0.1, 0.15) is 31.2 Å². The van der Waals surface area contributed by atoms with Crippen LogP contribution < -0.4 is 19.7 Å². The molecule has 2 aliphatic rings. The van der Waals surface area contributed by atoms with Crippen molar-refractivity contribution in [1.82, 2.24) is 0 Å². The minimum atomic E-state index is 0.00628. The summed E-state index contributed by atoms with van der Waals surface area (Å²) in [6, 6.07) is 14.1. The maximum absolute atomic E-state index is 12.3.